The number of halogens is 1. The molecule has 6 heteroatoms. The Bertz CT molecular complexity index is 486. The zero-order valence-corrected chi connectivity index (χ0v) is 10.5. The van der Waals surface area contributed by atoms with E-state index in [1.54, 1.807) is 12.1 Å². The summed E-state index contributed by atoms with van der Waals surface area (Å²) in [4.78, 5) is 4.10. The molecule has 2 heterocycles. The molecule has 1 unspecified atom stereocenters. The van der Waals surface area contributed by atoms with Gasteiger partial charge in [0.2, 0.25) is 0 Å². The second kappa shape index (κ2) is 3.89. The molecule has 0 amide bonds. The molecule has 1 fully saturated rings. The van der Waals surface area contributed by atoms with E-state index in [0.717, 1.165) is 0 Å². The first-order chi connectivity index (χ1) is 7.39. The van der Waals surface area contributed by atoms with Crippen LogP contribution in [-0.2, 0) is 9.84 Å². The first-order valence-corrected chi connectivity index (χ1v) is 7.19. The predicted octanol–water partition coefficient (Wildman–Crippen LogP) is 1.72. The lowest BCUT2D eigenvalue weighted by Gasteiger charge is -2.24. The van der Waals surface area contributed by atoms with Gasteiger partial charge in [-0.15, -0.1) is 0 Å². The molecule has 1 aliphatic rings. The number of aromatic nitrogens is 1. The number of pyridine rings is 1. The molecule has 0 aromatic carbocycles. The number of hydrogen-bond donors (Lipinski definition) is 1. The van der Waals surface area contributed by atoms with E-state index in [0.29, 0.717) is 17.3 Å². The van der Waals surface area contributed by atoms with Gasteiger partial charge in [0, 0.05) is 6.20 Å². The number of rotatable bonds is 2. The molecule has 0 spiro atoms. The van der Waals surface area contributed by atoms with Crippen molar-refractivity contribution in [2.45, 2.75) is 18.9 Å². The summed E-state index contributed by atoms with van der Waals surface area (Å²) in [7, 11) is -2.90. The Balaban J connectivity index is 2.13. The van der Waals surface area contributed by atoms with Crippen molar-refractivity contribution in [3.05, 3.63) is 23.4 Å². The van der Waals surface area contributed by atoms with Gasteiger partial charge in [-0.1, -0.05) is 11.6 Å². The number of nitrogens with one attached hydrogen (secondary N) is 1. The molecule has 1 aromatic heterocycles. The molecule has 88 valence electrons. The maximum absolute atomic E-state index is 11.4. The summed E-state index contributed by atoms with van der Waals surface area (Å²) < 4.78 is 22.8. The molecule has 0 bridgehead atoms. The lowest BCUT2D eigenvalue weighted by atomic mass is 10.0. The molecule has 1 atom stereocenters. The van der Waals surface area contributed by atoms with Crippen LogP contribution in [0.3, 0.4) is 0 Å². The van der Waals surface area contributed by atoms with Gasteiger partial charge in [0.05, 0.1) is 22.1 Å². The highest BCUT2D eigenvalue weighted by Crippen LogP contribution is 2.26. The zero-order chi connectivity index (χ0) is 11.8. The van der Waals surface area contributed by atoms with Crippen molar-refractivity contribution >= 4 is 27.3 Å². The van der Waals surface area contributed by atoms with Crippen LogP contribution in [0.4, 0.5) is 5.82 Å². The van der Waals surface area contributed by atoms with Crippen molar-refractivity contribution in [3.63, 3.8) is 0 Å². The minimum absolute atomic E-state index is 0.157. The van der Waals surface area contributed by atoms with E-state index in [9.17, 15) is 8.42 Å². The van der Waals surface area contributed by atoms with Crippen LogP contribution in [-0.4, -0.2) is 30.4 Å². The highest BCUT2D eigenvalue weighted by atomic mass is 35.5. The van der Waals surface area contributed by atoms with Crippen LogP contribution in [0.1, 0.15) is 13.3 Å². The van der Waals surface area contributed by atoms with E-state index in [2.05, 4.69) is 10.3 Å². The third-order valence-electron chi connectivity index (χ3n) is 2.66. The normalized spacial score (nSPS) is 27.9. The standard InChI is InChI=1S/C10H13ClN2O2S/c1-10(4-5-16(14,15)7-10)13-9-3-2-8(11)6-12-9/h2-3,6H,4-5,7H2,1H3,(H,12,13). The van der Waals surface area contributed by atoms with E-state index in [-0.39, 0.29) is 11.5 Å². The predicted molar refractivity (Wildman–Crippen MR) is 64.5 cm³/mol. The maximum Gasteiger partial charge on any atom is 0.152 e. The van der Waals surface area contributed by atoms with E-state index >= 15 is 0 Å². The minimum Gasteiger partial charge on any atom is -0.364 e. The second-order valence-corrected chi connectivity index (χ2v) is 7.01. The summed E-state index contributed by atoms with van der Waals surface area (Å²) >= 11 is 5.72. The van der Waals surface area contributed by atoms with Crippen LogP contribution in [0.2, 0.25) is 5.02 Å². The Kier molecular flexibility index (Phi) is 2.84. The summed E-state index contributed by atoms with van der Waals surface area (Å²) in [6, 6.07) is 3.47. The Hall–Kier alpha value is -0.810. The number of anilines is 1. The third-order valence-corrected chi connectivity index (χ3v) is 4.79. The average molecular weight is 261 g/mol. The average Bonchev–Trinajstić information content (AvgIpc) is 2.45. The summed E-state index contributed by atoms with van der Waals surface area (Å²) in [5.74, 6) is 1.05. The van der Waals surface area contributed by atoms with Crippen LogP contribution < -0.4 is 5.32 Å². The fourth-order valence-electron chi connectivity index (χ4n) is 1.87. The summed E-state index contributed by atoms with van der Waals surface area (Å²) in [6.07, 6.45) is 2.15. The molecular weight excluding hydrogens is 248 g/mol. The molecule has 1 saturated heterocycles. The molecule has 4 nitrogen and oxygen atoms in total. The first-order valence-electron chi connectivity index (χ1n) is 4.99. The topological polar surface area (TPSA) is 59.1 Å². The Morgan fingerprint density at radius 2 is 2.25 bits per heavy atom. The van der Waals surface area contributed by atoms with Crippen molar-refractivity contribution in [2.75, 3.05) is 16.8 Å². The Morgan fingerprint density at radius 3 is 2.75 bits per heavy atom. The van der Waals surface area contributed by atoms with Gasteiger partial charge < -0.3 is 5.32 Å². The van der Waals surface area contributed by atoms with Gasteiger partial charge in [0.25, 0.3) is 0 Å². The van der Waals surface area contributed by atoms with Crippen LogP contribution >= 0.6 is 11.6 Å². The molecule has 0 radical (unpaired) electrons. The lowest BCUT2D eigenvalue weighted by Crippen LogP contribution is -2.36. The van der Waals surface area contributed by atoms with E-state index < -0.39 is 15.4 Å². The quantitative estimate of drug-likeness (QED) is 0.880. The highest BCUT2D eigenvalue weighted by Gasteiger charge is 2.38. The summed E-state index contributed by atoms with van der Waals surface area (Å²) in [5, 5.41) is 3.72. The number of sulfone groups is 1. The fourth-order valence-corrected chi connectivity index (χ4v) is 4.07. The van der Waals surface area contributed by atoms with E-state index in [4.69, 9.17) is 11.6 Å². The van der Waals surface area contributed by atoms with Gasteiger partial charge >= 0.3 is 0 Å². The van der Waals surface area contributed by atoms with Crippen molar-refractivity contribution < 1.29 is 8.42 Å². The molecule has 1 aliphatic heterocycles. The lowest BCUT2D eigenvalue weighted by molar-refractivity contribution is 0.572. The first kappa shape index (κ1) is 11.7. The van der Waals surface area contributed by atoms with Crippen LogP contribution in [0.25, 0.3) is 0 Å². The fraction of sp³-hybridized carbons (Fsp3) is 0.500. The summed E-state index contributed by atoms with van der Waals surface area (Å²) in [6.45, 7) is 1.90. The number of nitrogens with zero attached hydrogens (tertiary/aromatic N) is 1. The summed E-state index contributed by atoms with van der Waals surface area (Å²) in [5.41, 5.74) is -0.417. The van der Waals surface area contributed by atoms with Gasteiger partial charge in [0.1, 0.15) is 5.82 Å². The molecule has 16 heavy (non-hydrogen) atoms. The van der Waals surface area contributed by atoms with Crippen LogP contribution in [0, 0.1) is 0 Å². The van der Waals surface area contributed by atoms with Crippen molar-refractivity contribution in [2.24, 2.45) is 0 Å². The molecular formula is C10H13ClN2O2S. The molecule has 1 N–H and O–H groups in total. The highest BCUT2D eigenvalue weighted by molar-refractivity contribution is 7.91. The van der Waals surface area contributed by atoms with Gasteiger partial charge in [-0.3, -0.25) is 0 Å². The molecule has 0 saturated carbocycles. The van der Waals surface area contributed by atoms with Crippen molar-refractivity contribution in [3.8, 4) is 0 Å². The SMILES string of the molecule is CC1(Nc2ccc(Cl)cn2)CCS(=O)(=O)C1. The number of hydrogen-bond acceptors (Lipinski definition) is 4. The molecule has 0 aliphatic carbocycles. The molecule has 2 rings (SSSR count). The van der Waals surface area contributed by atoms with Gasteiger partial charge in [-0.2, -0.15) is 0 Å². The van der Waals surface area contributed by atoms with Gasteiger partial charge in [-0.05, 0) is 25.5 Å². The van der Waals surface area contributed by atoms with Gasteiger partial charge in [0.15, 0.2) is 9.84 Å². The maximum atomic E-state index is 11.4. The second-order valence-electron chi connectivity index (χ2n) is 4.39. The smallest absolute Gasteiger partial charge is 0.152 e. The minimum atomic E-state index is -2.90. The van der Waals surface area contributed by atoms with E-state index in [1.807, 2.05) is 6.92 Å². The van der Waals surface area contributed by atoms with Crippen LogP contribution in [0.15, 0.2) is 18.3 Å². The Labute approximate surface area is 99.9 Å². The third kappa shape index (κ3) is 2.65. The monoisotopic (exact) mass is 260 g/mol. The van der Waals surface area contributed by atoms with E-state index in [1.165, 1.54) is 6.20 Å². The Morgan fingerprint density at radius 1 is 1.50 bits per heavy atom. The molecule has 1 aromatic rings. The largest absolute Gasteiger partial charge is 0.364 e. The van der Waals surface area contributed by atoms with Crippen molar-refractivity contribution in [1.82, 2.24) is 4.98 Å². The van der Waals surface area contributed by atoms with Crippen molar-refractivity contribution in [1.29, 1.82) is 0 Å². The zero-order valence-electron chi connectivity index (χ0n) is 8.90. The van der Waals surface area contributed by atoms with Gasteiger partial charge in [-0.25, -0.2) is 13.4 Å². The van der Waals surface area contributed by atoms with Crippen LogP contribution in [0.5, 0.6) is 0 Å².